The topological polar surface area (TPSA) is 88.1 Å². The molecule has 0 aliphatic carbocycles. The van der Waals surface area contributed by atoms with Gasteiger partial charge in [0.1, 0.15) is 11.4 Å². The number of alkyl halides is 2. The molecule has 0 saturated carbocycles. The summed E-state index contributed by atoms with van der Waals surface area (Å²) in [6.45, 7) is -1.61. The van der Waals surface area contributed by atoms with Crippen LogP contribution in [0.15, 0.2) is 29.5 Å². The standard InChI is InChI=1S/C16H18F2N2O5/c1-9-3-4-12(25-16(17)18)11(7-9)19-13-10(15(23)24-2)8-20(5-6-21)14(13)22/h3-4,7,16,19,21H,5-6,8H2,1-2H3. The smallest absolute Gasteiger partial charge is 0.387 e. The van der Waals surface area contributed by atoms with Crippen LogP contribution in [0.4, 0.5) is 14.5 Å². The number of benzene rings is 1. The van der Waals surface area contributed by atoms with Crippen molar-refractivity contribution in [3.8, 4) is 5.75 Å². The first-order valence-electron chi connectivity index (χ1n) is 7.41. The maximum atomic E-state index is 12.6. The summed E-state index contributed by atoms with van der Waals surface area (Å²) in [6.07, 6.45) is 0. The fraction of sp³-hybridized carbons (Fsp3) is 0.375. The number of aliphatic hydroxyl groups excluding tert-OH is 1. The molecule has 25 heavy (non-hydrogen) atoms. The van der Waals surface area contributed by atoms with E-state index >= 15 is 0 Å². The number of halogens is 2. The maximum Gasteiger partial charge on any atom is 0.387 e. The van der Waals surface area contributed by atoms with Gasteiger partial charge in [0.25, 0.3) is 5.91 Å². The normalized spacial score (nSPS) is 14.3. The average Bonchev–Trinajstić information content (AvgIpc) is 2.86. The quantitative estimate of drug-likeness (QED) is 0.716. The summed E-state index contributed by atoms with van der Waals surface area (Å²) < 4.78 is 34.3. The van der Waals surface area contributed by atoms with Crippen LogP contribution in [0, 0.1) is 6.92 Å². The minimum absolute atomic E-state index is 0.0265. The predicted octanol–water partition coefficient (Wildman–Crippen LogP) is 1.27. The number of rotatable bonds is 7. The summed E-state index contributed by atoms with van der Waals surface area (Å²) in [5.74, 6) is -1.43. The zero-order valence-corrected chi connectivity index (χ0v) is 13.7. The van der Waals surface area contributed by atoms with Crippen molar-refractivity contribution in [2.24, 2.45) is 0 Å². The Morgan fingerprint density at radius 1 is 1.44 bits per heavy atom. The van der Waals surface area contributed by atoms with Crippen molar-refractivity contribution >= 4 is 17.6 Å². The number of carbonyl (C=O) groups excluding carboxylic acids is 2. The summed E-state index contributed by atoms with van der Waals surface area (Å²) in [5.41, 5.74) is 0.813. The van der Waals surface area contributed by atoms with E-state index in [-0.39, 0.29) is 42.4 Å². The number of esters is 1. The van der Waals surface area contributed by atoms with Gasteiger partial charge in [0.2, 0.25) is 0 Å². The van der Waals surface area contributed by atoms with Gasteiger partial charge in [-0.05, 0) is 24.6 Å². The summed E-state index contributed by atoms with van der Waals surface area (Å²) >= 11 is 0. The zero-order chi connectivity index (χ0) is 18.6. The number of ether oxygens (including phenoxy) is 2. The van der Waals surface area contributed by atoms with Gasteiger partial charge in [0.15, 0.2) is 0 Å². The SMILES string of the molecule is COC(=O)C1=C(Nc2cc(C)ccc2OC(F)F)C(=O)N(CCO)C1. The number of hydrogen-bond acceptors (Lipinski definition) is 6. The van der Waals surface area contributed by atoms with E-state index in [4.69, 9.17) is 5.11 Å². The number of aliphatic hydroxyl groups is 1. The van der Waals surface area contributed by atoms with E-state index in [0.29, 0.717) is 0 Å². The average molecular weight is 356 g/mol. The molecule has 1 aromatic rings. The van der Waals surface area contributed by atoms with Crippen molar-refractivity contribution in [2.45, 2.75) is 13.5 Å². The van der Waals surface area contributed by atoms with Crippen LogP contribution in [-0.4, -0.2) is 55.3 Å². The third-order valence-electron chi connectivity index (χ3n) is 3.56. The second-order valence-electron chi connectivity index (χ2n) is 5.30. The highest BCUT2D eigenvalue weighted by Crippen LogP contribution is 2.31. The molecule has 9 heteroatoms. The molecule has 0 spiro atoms. The first-order chi connectivity index (χ1) is 11.9. The molecule has 0 aromatic heterocycles. The van der Waals surface area contributed by atoms with Gasteiger partial charge >= 0.3 is 12.6 Å². The Labute approximate surface area is 142 Å². The number of aryl methyl sites for hydroxylation is 1. The number of nitrogens with one attached hydrogen (secondary N) is 1. The molecule has 136 valence electrons. The second kappa shape index (κ2) is 7.93. The molecule has 0 fully saturated rings. The molecule has 1 aliphatic rings. The Morgan fingerprint density at radius 2 is 2.16 bits per heavy atom. The first kappa shape index (κ1) is 18.7. The molecule has 1 amide bonds. The molecule has 1 aliphatic heterocycles. The summed E-state index contributed by atoms with van der Waals surface area (Å²) in [6, 6.07) is 4.43. The molecular weight excluding hydrogens is 338 g/mol. The van der Waals surface area contributed by atoms with Gasteiger partial charge < -0.3 is 24.8 Å². The van der Waals surface area contributed by atoms with Gasteiger partial charge in [-0.1, -0.05) is 6.07 Å². The van der Waals surface area contributed by atoms with Gasteiger partial charge in [-0.25, -0.2) is 4.79 Å². The maximum absolute atomic E-state index is 12.6. The third-order valence-corrected chi connectivity index (χ3v) is 3.56. The van der Waals surface area contributed by atoms with E-state index in [0.717, 1.165) is 5.56 Å². The van der Waals surface area contributed by atoms with Gasteiger partial charge in [0, 0.05) is 6.54 Å². The number of anilines is 1. The summed E-state index contributed by atoms with van der Waals surface area (Å²) in [7, 11) is 1.17. The fourth-order valence-corrected chi connectivity index (χ4v) is 2.42. The fourth-order valence-electron chi connectivity index (χ4n) is 2.42. The first-order valence-corrected chi connectivity index (χ1v) is 7.41. The van der Waals surface area contributed by atoms with Crippen molar-refractivity contribution in [3.63, 3.8) is 0 Å². The van der Waals surface area contributed by atoms with Crippen molar-refractivity contribution in [2.75, 3.05) is 32.1 Å². The molecule has 0 saturated heterocycles. The van der Waals surface area contributed by atoms with Crippen molar-refractivity contribution in [3.05, 3.63) is 35.0 Å². The highest BCUT2D eigenvalue weighted by Gasteiger charge is 2.34. The Bertz CT molecular complexity index is 706. The number of methoxy groups -OCH3 is 1. The van der Waals surface area contributed by atoms with E-state index < -0.39 is 18.5 Å². The van der Waals surface area contributed by atoms with Gasteiger partial charge in [-0.15, -0.1) is 0 Å². The Hall–Kier alpha value is -2.68. The number of amides is 1. The molecule has 0 bridgehead atoms. The van der Waals surface area contributed by atoms with Gasteiger partial charge in [-0.2, -0.15) is 8.78 Å². The monoisotopic (exact) mass is 356 g/mol. The van der Waals surface area contributed by atoms with Gasteiger partial charge in [0.05, 0.1) is 31.5 Å². The van der Waals surface area contributed by atoms with Crippen LogP contribution in [0.2, 0.25) is 0 Å². The van der Waals surface area contributed by atoms with E-state index in [1.807, 2.05) is 0 Å². The van der Waals surface area contributed by atoms with Crippen LogP contribution in [-0.2, 0) is 14.3 Å². The van der Waals surface area contributed by atoms with Crippen molar-refractivity contribution in [1.29, 1.82) is 0 Å². The van der Waals surface area contributed by atoms with E-state index in [1.165, 1.54) is 24.1 Å². The van der Waals surface area contributed by atoms with Crippen LogP contribution in [0.3, 0.4) is 0 Å². The molecule has 2 N–H and O–H groups in total. The van der Waals surface area contributed by atoms with Crippen LogP contribution in [0.1, 0.15) is 5.56 Å². The largest absolute Gasteiger partial charge is 0.466 e. The molecule has 0 radical (unpaired) electrons. The lowest BCUT2D eigenvalue weighted by molar-refractivity contribution is -0.136. The number of β-amino-alcohol motifs (C(OH)–C–C–N with tert-alkyl or cyclic N) is 1. The number of carbonyl (C=O) groups is 2. The molecule has 2 rings (SSSR count). The summed E-state index contributed by atoms with van der Waals surface area (Å²) in [4.78, 5) is 25.6. The Balaban J connectivity index is 2.39. The van der Waals surface area contributed by atoms with Crippen LogP contribution >= 0.6 is 0 Å². The number of hydrogen-bond donors (Lipinski definition) is 2. The summed E-state index contributed by atoms with van der Waals surface area (Å²) in [5, 5.41) is 11.7. The Kier molecular flexibility index (Phi) is 5.92. The lowest BCUT2D eigenvalue weighted by atomic mass is 10.2. The zero-order valence-electron chi connectivity index (χ0n) is 13.7. The van der Waals surface area contributed by atoms with E-state index in [1.54, 1.807) is 13.0 Å². The molecule has 0 unspecified atom stereocenters. The van der Waals surface area contributed by atoms with Crippen LogP contribution in [0.5, 0.6) is 5.75 Å². The predicted molar refractivity (Wildman–Crippen MR) is 84.1 cm³/mol. The van der Waals surface area contributed by atoms with Crippen molar-refractivity contribution < 1.29 is 33.0 Å². The lowest BCUT2D eigenvalue weighted by Gasteiger charge is -2.16. The van der Waals surface area contributed by atoms with Gasteiger partial charge in [-0.3, -0.25) is 4.79 Å². The molecular formula is C16H18F2N2O5. The molecule has 7 nitrogen and oxygen atoms in total. The number of nitrogens with zero attached hydrogens (tertiary/aromatic N) is 1. The third kappa shape index (κ3) is 4.24. The molecule has 1 aromatic carbocycles. The Morgan fingerprint density at radius 3 is 2.76 bits per heavy atom. The highest BCUT2D eigenvalue weighted by atomic mass is 19.3. The highest BCUT2D eigenvalue weighted by molar-refractivity contribution is 6.08. The second-order valence-corrected chi connectivity index (χ2v) is 5.30. The van der Waals surface area contributed by atoms with E-state index in [2.05, 4.69) is 14.8 Å². The molecule has 1 heterocycles. The van der Waals surface area contributed by atoms with Crippen molar-refractivity contribution in [1.82, 2.24) is 4.90 Å². The lowest BCUT2D eigenvalue weighted by Crippen LogP contribution is -2.31. The van der Waals surface area contributed by atoms with Crippen LogP contribution in [0.25, 0.3) is 0 Å². The minimum Gasteiger partial charge on any atom is -0.466 e. The minimum atomic E-state index is -3.04. The van der Waals surface area contributed by atoms with Crippen LogP contribution < -0.4 is 10.1 Å². The van der Waals surface area contributed by atoms with E-state index in [9.17, 15) is 18.4 Å². The molecule has 0 atom stereocenters.